The van der Waals surface area contributed by atoms with Gasteiger partial charge >= 0.3 is 10.2 Å². The summed E-state index contributed by atoms with van der Waals surface area (Å²) in [5, 5.41) is 10.0. The minimum atomic E-state index is -4.24. The Labute approximate surface area is 130 Å². The lowest BCUT2D eigenvalue weighted by atomic mass is 10.0. The smallest absolute Gasteiger partial charge is 0.326 e. The fraction of sp³-hybridized carbons (Fsp3) is 0.0714. The number of benzene rings is 2. The third kappa shape index (κ3) is 2.70. The van der Waals surface area contributed by atoms with E-state index in [0.717, 1.165) is 18.2 Å². The van der Waals surface area contributed by atoms with Gasteiger partial charge in [0, 0.05) is 0 Å². The molecule has 2 N–H and O–H groups in total. The summed E-state index contributed by atoms with van der Waals surface area (Å²) in [6.07, 6.45) is 0. The second-order valence-electron chi connectivity index (χ2n) is 4.87. The lowest BCUT2D eigenvalue weighted by Gasteiger charge is -2.17. The fourth-order valence-corrected chi connectivity index (χ4v) is 3.48. The van der Waals surface area contributed by atoms with Gasteiger partial charge in [0.15, 0.2) is 5.82 Å². The van der Waals surface area contributed by atoms with Crippen LogP contribution in [0.3, 0.4) is 0 Å². The Morgan fingerprint density at radius 3 is 2.43 bits per heavy atom. The minimum absolute atomic E-state index is 0.166. The molecule has 2 aromatic carbocycles. The monoisotopic (exact) mass is 340 g/mol. The van der Waals surface area contributed by atoms with Crippen LogP contribution >= 0.6 is 0 Å². The van der Waals surface area contributed by atoms with Crippen molar-refractivity contribution in [3.8, 4) is 16.9 Å². The van der Waals surface area contributed by atoms with Gasteiger partial charge in [0.05, 0.1) is 0 Å². The lowest BCUT2D eigenvalue weighted by molar-refractivity contribution is -0.117. The van der Waals surface area contributed by atoms with E-state index < -0.39 is 45.7 Å². The SMILES string of the molecule is O=C1CN(c2c(O)cc(-c3cccc(F)c3)cc2F)S(=O)(=O)N1. The van der Waals surface area contributed by atoms with Gasteiger partial charge < -0.3 is 5.11 Å². The third-order valence-corrected chi connectivity index (χ3v) is 4.65. The number of hydrogen-bond acceptors (Lipinski definition) is 4. The number of hydrogen-bond donors (Lipinski definition) is 2. The molecule has 6 nitrogen and oxygen atoms in total. The summed E-state index contributed by atoms with van der Waals surface area (Å²) in [5.74, 6) is -3.10. The van der Waals surface area contributed by atoms with E-state index in [1.54, 1.807) is 4.72 Å². The van der Waals surface area contributed by atoms with Gasteiger partial charge in [0.25, 0.3) is 5.91 Å². The number of anilines is 1. The van der Waals surface area contributed by atoms with Crippen LogP contribution in [0.4, 0.5) is 14.5 Å². The molecule has 9 heteroatoms. The molecule has 0 atom stereocenters. The Bertz CT molecular complexity index is 892. The van der Waals surface area contributed by atoms with Gasteiger partial charge in [-0.2, -0.15) is 8.42 Å². The Kier molecular flexibility index (Phi) is 3.44. The average molecular weight is 340 g/mol. The fourth-order valence-electron chi connectivity index (χ4n) is 2.31. The van der Waals surface area contributed by atoms with Crippen molar-refractivity contribution in [2.75, 3.05) is 10.8 Å². The maximum absolute atomic E-state index is 14.3. The molecule has 1 heterocycles. The normalized spacial score (nSPS) is 16.4. The predicted molar refractivity (Wildman–Crippen MR) is 77.9 cm³/mol. The van der Waals surface area contributed by atoms with Crippen LogP contribution in [0.2, 0.25) is 0 Å². The van der Waals surface area contributed by atoms with Crippen molar-refractivity contribution in [1.82, 2.24) is 4.72 Å². The van der Waals surface area contributed by atoms with Crippen LogP contribution in [0.1, 0.15) is 0 Å². The van der Waals surface area contributed by atoms with Crippen LogP contribution in [-0.2, 0) is 15.0 Å². The van der Waals surface area contributed by atoms with Crippen molar-refractivity contribution in [1.29, 1.82) is 0 Å². The van der Waals surface area contributed by atoms with E-state index in [0.29, 0.717) is 9.87 Å². The number of nitrogens with one attached hydrogen (secondary N) is 1. The van der Waals surface area contributed by atoms with Gasteiger partial charge in [-0.3, -0.25) is 4.79 Å². The standard InChI is InChI=1S/C14H10F2N2O4S/c15-10-3-1-2-8(4-10)9-5-11(16)14(12(19)6-9)18-7-13(20)17-23(18,21)22/h1-6,19H,7H2,(H,17,20). The van der Waals surface area contributed by atoms with E-state index in [4.69, 9.17) is 0 Å². The maximum atomic E-state index is 14.3. The van der Waals surface area contributed by atoms with Crippen molar-refractivity contribution in [2.24, 2.45) is 0 Å². The number of carbonyl (C=O) groups excluding carboxylic acids is 1. The molecule has 1 aliphatic rings. The number of rotatable bonds is 2. The number of phenols is 1. The summed E-state index contributed by atoms with van der Waals surface area (Å²) in [7, 11) is -4.24. The molecule has 1 aliphatic heterocycles. The molecular formula is C14H10F2N2O4S. The van der Waals surface area contributed by atoms with Crippen molar-refractivity contribution >= 4 is 21.8 Å². The number of amides is 1. The highest BCUT2D eigenvalue weighted by molar-refractivity contribution is 7.92. The molecule has 1 saturated heterocycles. The molecule has 0 unspecified atom stereocenters. The molecule has 120 valence electrons. The zero-order valence-electron chi connectivity index (χ0n) is 11.5. The highest BCUT2D eigenvalue weighted by Gasteiger charge is 2.37. The molecule has 0 aliphatic carbocycles. The summed E-state index contributed by atoms with van der Waals surface area (Å²) in [5.41, 5.74) is -0.160. The minimum Gasteiger partial charge on any atom is -0.506 e. The van der Waals surface area contributed by atoms with Crippen molar-refractivity contribution in [3.05, 3.63) is 48.0 Å². The number of nitrogens with zero attached hydrogens (tertiary/aromatic N) is 1. The van der Waals surface area contributed by atoms with E-state index >= 15 is 0 Å². The largest absolute Gasteiger partial charge is 0.506 e. The van der Waals surface area contributed by atoms with Crippen LogP contribution in [0.15, 0.2) is 36.4 Å². The molecule has 0 aromatic heterocycles. The first-order valence-electron chi connectivity index (χ1n) is 6.40. The molecule has 0 saturated carbocycles. The Hall–Kier alpha value is -2.68. The molecule has 1 amide bonds. The first-order valence-corrected chi connectivity index (χ1v) is 7.84. The summed E-state index contributed by atoms with van der Waals surface area (Å²) in [4.78, 5) is 11.2. The second kappa shape index (κ2) is 5.20. The Morgan fingerprint density at radius 2 is 1.87 bits per heavy atom. The summed E-state index contributed by atoms with van der Waals surface area (Å²) in [6, 6.07) is 7.34. The maximum Gasteiger partial charge on any atom is 0.326 e. The topological polar surface area (TPSA) is 86.7 Å². The molecule has 1 fully saturated rings. The van der Waals surface area contributed by atoms with Gasteiger partial charge in [-0.05, 0) is 35.4 Å². The molecule has 0 radical (unpaired) electrons. The van der Waals surface area contributed by atoms with Crippen LogP contribution < -0.4 is 9.03 Å². The van der Waals surface area contributed by atoms with Crippen LogP contribution in [0, 0.1) is 11.6 Å². The second-order valence-corrected chi connectivity index (χ2v) is 6.47. The molecule has 0 bridgehead atoms. The van der Waals surface area contributed by atoms with Gasteiger partial charge in [-0.25, -0.2) is 17.8 Å². The summed E-state index contributed by atoms with van der Waals surface area (Å²) in [6.45, 7) is -0.633. The Morgan fingerprint density at radius 1 is 1.13 bits per heavy atom. The lowest BCUT2D eigenvalue weighted by Crippen LogP contribution is -2.30. The number of aromatic hydroxyl groups is 1. The summed E-state index contributed by atoms with van der Waals surface area (Å²) < 4.78 is 53.2. The molecule has 2 aromatic rings. The third-order valence-electron chi connectivity index (χ3n) is 3.27. The zero-order valence-corrected chi connectivity index (χ0v) is 12.3. The van der Waals surface area contributed by atoms with E-state index in [2.05, 4.69) is 0 Å². The van der Waals surface area contributed by atoms with E-state index in [9.17, 15) is 27.1 Å². The average Bonchev–Trinajstić information content (AvgIpc) is 2.71. The van der Waals surface area contributed by atoms with Crippen molar-refractivity contribution in [3.63, 3.8) is 0 Å². The highest BCUT2D eigenvalue weighted by Crippen LogP contribution is 2.37. The summed E-state index contributed by atoms with van der Waals surface area (Å²) >= 11 is 0. The number of carbonyl (C=O) groups is 1. The van der Waals surface area contributed by atoms with Crippen LogP contribution in [0.25, 0.3) is 11.1 Å². The quantitative estimate of drug-likeness (QED) is 0.868. The van der Waals surface area contributed by atoms with Crippen molar-refractivity contribution in [2.45, 2.75) is 0 Å². The van der Waals surface area contributed by atoms with Gasteiger partial charge in [-0.1, -0.05) is 12.1 Å². The van der Waals surface area contributed by atoms with Gasteiger partial charge in [0.1, 0.15) is 23.8 Å². The molecular weight excluding hydrogens is 330 g/mol. The van der Waals surface area contributed by atoms with E-state index in [-0.39, 0.29) is 5.56 Å². The van der Waals surface area contributed by atoms with E-state index in [1.807, 2.05) is 0 Å². The van der Waals surface area contributed by atoms with Crippen molar-refractivity contribution < 1.29 is 27.1 Å². The Balaban J connectivity index is 2.10. The van der Waals surface area contributed by atoms with Crippen LogP contribution in [-0.4, -0.2) is 26.0 Å². The molecule has 3 rings (SSSR count). The predicted octanol–water partition coefficient (Wildman–Crippen LogP) is 1.52. The van der Waals surface area contributed by atoms with Crippen LogP contribution in [0.5, 0.6) is 5.75 Å². The molecule has 23 heavy (non-hydrogen) atoms. The highest BCUT2D eigenvalue weighted by atomic mass is 32.2. The first kappa shape index (κ1) is 15.2. The van der Waals surface area contributed by atoms with Gasteiger partial charge in [-0.15, -0.1) is 0 Å². The number of halogens is 2. The number of phenolic OH excluding ortho intramolecular Hbond substituents is 1. The van der Waals surface area contributed by atoms with E-state index in [1.165, 1.54) is 18.2 Å². The molecule has 0 spiro atoms. The first-order chi connectivity index (χ1) is 10.8. The van der Waals surface area contributed by atoms with Gasteiger partial charge in [0.2, 0.25) is 0 Å². The zero-order chi connectivity index (χ0) is 16.8.